The molecule has 2 aliphatic rings. The summed E-state index contributed by atoms with van der Waals surface area (Å²) in [6.07, 6.45) is 1.81. The Morgan fingerprint density at radius 2 is 2.24 bits per heavy atom. The summed E-state index contributed by atoms with van der Waals surface area (Å²) in [6, 6.07) is 6.77. The van der Waals surface area contributed by atoms with Crippen molar-refractivity contribution in [3.63, 3.8) is 0 Å². The summed E-state index contributed by atoms with van der Waals surface area (Å²) in [5.74, 6) is 0.510. The smallest absolute Gasteiger partial charge is 0.254 e. The Morgan fingerprint density at radius 3 is 3.00 bits per heavy atom. The van der Waals surface area contributed by atoms with Gasteiger partial charge < -0.3 is 25.4 Å². The zero-order valence-electron chi connectivity index (χ0n) is 17.3. The largest absolute Gasteiger partial charge is 0.492 e. The van der Waals surface area contributed by atoms with Crippen LogP contribution in [-0.4, -0.2) is 91.8 Å². The Hall–Kier alpha value is -2.16. The number of amides is 2. The monoisotopic (exact) mass is 404 g/mol. The fourth-order valence-corrected chi connectivity index (χ4v) is 4.24. The predicted molar refractivity (Wildman–Crippen MR) is 110 cm³/mol. The molecule has 1 heterocycles. The van der Waals surface area contributed by atoms with Crippen LogP contribution in [0.25, 0.3) is 0 Å². The maximum Gasteiger partial charge on any atom is 0.254 e. The van der Waals surface area contributed by atoms with Gasteiger partial charge in [0.15, 0.2) is 0 Å². The highest BCUT2D eigenvalue weighted by Crippen LogP contribution is 2.28. The minimum atomic E-state index is -0.682. The lowest BCUT2D eigenvalue weighted by Gasteiger charge is -2.45. The maximum absolute atomic E-state index is 13.1. The van der Waals surface area contributed by atoms with E-state index < -0.39 is 6.10 Å². The highest BCUT2D eigenvalue weighted by molar-refractivity contribution is 5.94. The Bertz CT molecular complexity index is 714. The fraction of sp³-hybridized carbons (Fsp3) is 0.619. The van der Waals surface area contributed by atoms with Crippen LogP contribution in [0.3, 0.4) is 0 Å². The highest BCUT2D eigenvalue weighted by atomic mass is 16.5. The highest BCUT2D eigenvalue weighted by Gasteiger charge is 2.40. The molecule has 3 atom stereocenters. The molecule has 1 aliphatic carbocycles. The number of hydrogen-bond acceptors (Lipinski definition) is 6. The first-order valence-electron chi connectivity index (χ1n) is 10.3. The first-order valence-corrected chi connectivity index (χ1v) is 10.3. The Balaban J connectivity index is 1.67. The lowest BCUT2D eigenvalue weighted by molar-refractivity contribution is -0.127. The van der Waals surface area contributed by atoms with E-state index in [9.17, 15) is 14.7 Å². The summed E-state index contributed by atoms with van der Waals surface area (Å²) >= 11 is 0. The summed E-state index contributed by atoms with van der Waals surface area (Å²) in [5.41, 5.74) is 0.543. The Morgan fingerprint density at radius 1 is 1.41 bits per heavy atom. The number of carbonyl (C=O) groups is 2. The normalized spacial score (nSPS) is 25.3. The van der Waals surface area contributed by atoms with Crippen LogP contribution < -0.4 is 15.4 Å². The van der Waals surface area contributed by atoms with Crippen LogP contribution >= 0.6 is 0 Å². The second-order valence-electron chi connectivity index (χ2n) is 7.77. The Kier molecular flexibility index (Phi) is 7.46. The number of piperazine rings is 1. The van der Waals surface area contributed by atoms with Crippen LogP contribution in [0.5, 0.6) is 5.75 Å². The first kappa shape index (κ1) is 21.5. The van der Waals surface area contributed by atoms with Gasteiger partial charge in [0.25, 0.3) is 5.91 Å². The van der Waals surface area contributed by atoms with E-state index in [1.807, 2.05) is 24.1 Å². The molecule has 1 aromatic carbocycles. The lowest BCUT2D eigenvalue weighted by Crippen LogP contribution is -2.61. The lowest BCUT2D eigenvalue weighted by atomic mass is 9.85. The number of likely N-dealkylation sites (N-methyl/N-ethyl adjacent to an activating group) is 2. The quantitative estimate of drug-likeness (QED) is 0.557. The van der Waals surface area contributed by atoms with Gasteiger partial charge in [0.1, 0.15) is 12.4 Å². The fourth-order valence-electron chi connectivity index (χ4n) is 4.24. The zero-order chi connectivity index (χ0) is 20.8. The van der Waals surface area contributed by atoms with E-state index in [-0.39, 0.29) is 23.9 Å². The average molecular weight is 405 g/mol. The van der Waals surface area contributed by atoms with Gasteiger partial charge in [0.05, 0.1) is 18.7 Å². The second-order valence-corrected chi connectivity index (χ2v) is 7.77. The number of rotatable bonds is 7. The summed E-state index contributed by atoms with van der Waals surface area (Å²) in [5, 5.41) is 16.9. The van der Waals surface area contributed by atoms with Crippen molar-refractivity contribution in [3.8, 4) is 5.75 Å². The van der Waals surface area contributed by atoms with Gasteiger partial charge >= 0.3 is 0 Å². The minimum absolute atomic E-state index is 0.00917. The number of carbonyl (C=O) groups excluding carboxylic acids is 2. The van der Waals surface area contributed by atoms with E-state index >= 15 is 0 Å². The number of aliphatic hydroxyl groups is 1. The van der Waals surface area contributed by atoms with Crippen molar-refractivity contribution < 1.29 is 19.4 Å². The number of aliphatic hydroxyl groups excluding tert-OH is 1. The molecule has 1 saturated heterocycles. The van der Waals surface area contributed by atoms with Gasteiger partial charge in [-0.2, -0.15) is 0 Å². The van der Waals surface area contributed by atoms with Crippen molar-refractivity contribution in [1.82, 2.24) is 20.4 Å². The molecule has 8 nitrogen and oxygen atoms in total. The van der Waals surface area contributed by atoms with Crippen molar-refractivity contribution >= 4 is 11.8 Å². The van der Waals surface area contributed by atoms with Crippen molar-refractivity contribution in [3.05, 3.63) is 29.8 Å². The van der Waals surface area contributed by atoms with Gasteiger partial charge in [-0.15, -0.1) is 0 Å². The topological polar surface area (TPSA) is 94.1 Å². The second kappa shape index (κ2) is 10.0. The summed E-state index contributed by atoms with van der Waals surface area (Å²) in [4.78, 5) is 28.5. The molecule has 0 spiro atoms. The molecule has 2 amide bonds. The first-order chi connectivity index (χ1) is 14.0. The standard InChI is InChI=1S/C21H32N4O4/c1-22-10-12-29-16-6-3-5-15(13-16)21(28)24(2)17-7-4-8-18(20(17)27)25-11-9-23-19(26)14-25/h3,5-6,13,17-18,20,22,27H,4,7-12,14H2,1-2H3,(H,23,26)/t17-,18-,20-/m1/s1. The molecule has 3 rings (SSSR count). The molecule has 8 heteroatoms. The van der Waals surface area contributed by atoms with Crippen LogP contribution in [0.1, 0.15) is 29.6 Å². The molecule has 1 aliphatic heterocycles. The molecular formula is C21H32N4O4. The number of nitrogens with zero attached hydrogens (tertiary/aromatic N) is 2. The minimum Gasteiger partial charge on any atom is -0.492 e. The van der Waals surface area contributed by atoms with Gasteiger partial charge in [-0.25, -0.2) is 0 Å². The molecule has 0 radical (unpaired) electrons. The molecule has 3 N–H and O–H groups in total. The summed E-state index contributed by atoms with van der Waals surface area (Å²) in [6.45, 7) is 2.88. The molecule has 0 unspecified atom stereocenters. The molecule has 160 valence electrons. The third-order valence-corrected chi connectivity index (χ3v) is 5.84. The molecule has 1 saturated carbocycles. The van der Waals surface area contributed by atoms with Crippen LogP contribution in [0.2, 0.25) is 0 Å². The molecular weight excluding hydrogens is 372 g/mol. The third-order valence-electron chi connectivity index (χ3n) is 5.84. The van der Waals surface area contributed by atoms with Gasteiger partial charge in [-0.3, -0.25) is 14.5 Å². The molecule has 2 fully saturated rings. The van der Waals surface area contributed by atoms with E-state index in [0.717, 1.165) is 32.4 Å². The van der Waals surface area contributed by atoms with Crippen LogP contribution in [0.4, 0.5) is 0 Å². The molecule has 1 aromatic rings. The van der Waals surface area contributed by atoms with Crippen molar-refractivity contribution in [2.75, 3.05) is 46.9 Å². The SMILES string of the molecule is CNCCOc1cccc(C(=O)N(C)[C@@H]2CCC[C@@H](N3CCNC(=O)C3)[C@@H]2O)c1. The third kappa shape index (κ3) is 5.26. The van der Waals surface area contributed by atoms with E-state index in [4.69, 9.17) is 4.74 Å². The zero-order valence-corrected chi connectivity index (χ0v) is 17.3. The van der Waals surface area contributed by atoms with Gasteiger partial charge in [-0.1, -0.05) is 6.07 Å². The van der Waals surface area contributed by atoms with Crippen molar-refractivity contribution in [1.29, 1.82) is 0 Å². The van der Waals surface area contributed by atoms with Crippen molar-refractivity contribution in [2.45, 2.75) is 37.5 Å². The number of benzene rings is 1. The predicted octanol–water partition coefficient (Wildman–Crippen LogP) is 0.0706. The number of ether oxygens (including phenoxy) is 1. The van der Waals surface area contributed by atoms with E-state index in [1.54, 1.807) is 24.1 Å². The van der Waals surface area contributed by atoms with Crippen LogP contribution in [-0.2, 0) is 4.79 Å². The van der Waals surface area contributed by atoms with Gasteiger partial charge in [-0.05, 0) is 44.5 Å². The van der Waals surface area contributed by atoms with Crippen LogP contribution in [0, 0.1) is 0 Å². The van der Waals surface area contributed by atoms with Gasteiger partial charge in [0.2, 0.25) is 5.91 Å². The van der Waals surface area contributed by atoms with Crippen molar-refractivity contribution in [2.24, 2.45) is 0 Å². The van der Waals surface area contributed by atoms with Crippen LogP contribution in [0.15, 0.2) is 24.3 Å². The molecule has 29 heavy (non-hydrogen) atoms. The molecule has 0 aromatic heterocycles. The van der Waals surface area contributed by atoms with E-state index in [1.165, 1.54) is 0 Å². The number of nitrogens with one attached hydrogen (secondary N) is 2. The summed E-state index contributed by atoms with van der Waals surface area (Å²) in [7, 11) is 3.60. The Labute approximate surface area is 172 Å². The maximum atomic E-state index is 13.1. The van der Waals surface area contributed by atoms with E-state index in [2.05, 4.69) is 10.6 Å². The van der Waals surface area contributed by atoms with E-state index in [0.29, 0.717) is 31.0 Å². The summed E-state index contributed by atoms with van der Waals surface area (Å²) < 4.78 is 5.66. The molecule has 0 bridgehead atoms. The average Bonchev–Trinajstić information content (AvgIpc) is 2.73. The number of hydrogen-bond donors (Lipinski definition) is 3. The van der Waals surface area contributed by atoms with Gasteiger partial charge in [0, 0.05) is 38.3 Å².